The lowest BCUT2D eigenvalue weighted by atomic mass is 10.1. The Bertz CT molecular complexity index is 161. The number of rotatable bonds is 13. The number of hydrogen-bond donors (Lipinski definition) is 1. The number of ether oxygens (including phenoxy) is 1. The molecule has 0 heterocycles. The van der Waals surface area contributed by atoms with E-state index in [1.54, 1.807) is 0 Å². The van der Waals surface area contributed by atoms with Crippen molar-refractivity contribution >= 4 is 0 Å². The van der Waals surface area contributed by atoms with E-state index in [1.165, 1.54) is 44.9 Å². The fraction of sp³-hybridized carbons (Fsp3) is 1.00. The molecular weight excluding hydrogens is 222 g/mol. The number of unbranched alkanes of at least 4 members (excludes halogenated alkanes) is 5. The van der Waals surface area contributed by atoms with Crippen LogP contribution < -0.4 is 5.32 Å². The van der Waals surface area contributed by atoms with Crippen LogP contribution >= 0.6 is 0 Å². The monoisotopic (exact) mass is 257 g/mol. The summed E-state index contributed by atoms with van der Waals surface area (Å²) in [6.45, 7) is 10.9. The third-order valence-electron chi connectivity index (χ3n) is 3.54. The Morgan fingerprint density at radius 3 is 2.17 bits per heavy atom. The zero-order chi connectivity index (χ0) is 13.6. The first-order valence-corrected chi connectivity index (χ1v) is 8.11. The molecule has 2 nitrogen and oxygen atoms in total. The predicted octanol–water partition coefficient (Wildman–Crippen LogP) is 4.53. The third kappa shape index (κ3) is 9.90. The van der Waals surface area contributed by atoms with E-state index in [9.17, 15) is 0 Å². The summed E-state index contributed by atoms with van der Waals surface area (Å²) in [5.74, 6) is 0. The average Bonchev–Trinajstić information content (AvgIpc) is 2.38. The number of hydrogen-bond acceptors (Lipinski definition) is 2. The van der Waals surface area contributed by atoms with Gasteiger partial charge in [0.1, 0.15) is 0 Å². The van der Waals surface area contributed by atoms with E-state index in [4.69, 9.17) is 4.74 Å². The molecule has 0 aliphatic heterocycles. The Morgan fingerprint density at radius 1 is 0.889 bits per heavy atom. The molecule has 0 spiro atoms. The largest absolute Gasteiger partial charge is 0.377 e. The summed E-state index contributed by atoms with van der Waals surface area (Å²) in [6, 6.07) is 0.519. The highest BCUT2D eigenvalue weighted by atomic mass is 16.5. The van der Waals surface area contributed by atoms with E-state index in [1.807, 2.05) is 0 Å². The second-order valence-electron chi connectivity index (χ2n) is 5.31. The maximum atomic E-state index is 5.94. The van der Waals surface area contributed by atoms with Crippen LogP contribution in [0, 0.1) is 0 Å². The summed E-state index contributed by atoms with van der Waals surface area (Å²) in [5.41, 5.74) is 0. The van der Waals surface area contributed by atoms with Crippen LogP contribution in [0.15, 0.2) is 0 Å². The molecule has 1 N–H and O–H groups in total. The molecule has 0 aliphatic carbocycles. The minimum absolute atomic E-state index is 0.345. The smallest absolute Gasteiger partial charge is 0.0699 e. The highest BCUT2D eigenvalue weighted by Crippen LogP contribution is 2.08. The maximum Gasteiger partial charge on any atom is 0.0699 e. The van der Waals surface area contributed by atoms with Crippen LogP contribution in [-0.4, -0.2) is 25.3 Å². The highest BCUT2D eigenvalue weighted by molar-refractivity contribution is 4.71. The van der Waals surface area contributed by atoms with Crippen molar-refractivity contribution in [2.45, 2.75) is 91.2 Å². The summed E-state index contributed by atoms with van der Waals surface area (Å²) < 4.78 is 5.94. The third-order valence-corrected chi connectivity index (χ3v) is 3.54. The van der Waals surface area contributed by atoms with Crippen molar-refractivity contribution in [1.82, 2.24) is 5.32 Å². The quantitative estimate of drug-likeness (QED) is 0.489. The first-order chi connectivity index (χ1) is 8.76. The van der Waals surface area contributed by atoms with Crippen LogP contribution in [0.4, 0.5) is 0 Å². The molecule has 0 saturated heterocycles. The van der Waals surface area contributed by atoms with Gasteiger partial charge in [-0.1, -0.05) is 52.9 Å². The van der Waals surface area contributed by atoms with Gasteiger partial charge in [0, 0.05) is 12.6 Å². The van der Waals surface area contributed by atoms with Crippen molar-refractivity contribution in [2.24, 2.45) is 0 Å². The van der Waals surface area contributed by atoms with Gasteiger partial charge in [-0.25, -0.2) is 0 Å². The molecule has 18 heavy (non-hydrogen) atoms. The second kappa shape index (κ2) is 13.4. The van der Waals surface area contributed by atoms with E-state index >= 15 is 0 Å². The first kappa shape index (κ1) is 17.9. The van der Waals surface area contributed by atoms with Crippen LogP contribution in [0.5, 0.6) is 0 Å². The predicted molar refractivity (Wildman–Crippen MR) is 81.2 cm³/mol. The molecule has 0 aliphatic rings. The van der Waals surface area contributed by atoms with Gasteiger partial charge in [-0.3, -0.25) is 0 Å². The summed E-state index contributed by atoms with van der Waals surface area (Å²) in [7, 11) is 0. The van der Waals surface area contributed by atoms with Gasteiger partial charge < -0.3 is 10.1 Å². The van der Waals surface area contributed by atoms with Crippen molar-refractivity contribution in [3.8, 4) is 0 Å². The van der Waals surface area contributed by atoms with Gasteiger partial charge >= 0.3 is 0 Å². The molecule has 0 aromatic rings. The molecule has 0 rings (SSSR count). The first-order valence-electron chi connectivity index (χ1n) is 8.11. The zero-order valence-electron chi connectivity index (χ0n) is 13.1. The number of nitrogens with one attached hydrogen (secondary N) is 1. The lowest BCUT2D eigenvalue weighted by molar-refractivity contribution is 0.0356. The molecule has 0 amide bonds. The molecule has 2 atom stereocenters. The normalized spacial score (nSPS) is 14.7. The van der Waals surface area contributed by atoms with Gasteiger partial charge in [0.05, 0.1) is 6.10 Å². The maximum absolute atomic E-state index is 5.94. The van der Waals surface area contributed by atoms with E-state index < -0.39 is 0 Å². The van der Waals surface area contributed by atoms with Crippen LogP contribution in [0.25, 0.3) is 0 Å². The topological polar surface area (TPSA) is 21.3 Å². The highest BCUT2D eigenvalue weighted by Gasteiger charge is 2.14. The molecule has 0 bridgehead atoms. The molecule has 0 aromatic heterocycles. The van der Waals surface area contributed by atoms with E-state index in [0.29, 0.717) is 12.1 Å². The second-order valence-corrected chi connectivity index (χ2v) is 5.31. The standard InChI is InChI=1S/C16H35NO/c1-5-8-9-10-11-12-14-18-15(4)16(7-3)17-13-6-2/h15-17H,5-14H2,1-4H3. The van der Waals surface area contributed by atoms with Crippen LogP contribution in [0.3, 0.4) is 0 Å². The van der Waals surface area contributed by atoms with Crippen LogP contribution in [0.2, 0.25) is 0 Å². The fourth-order valence-corrected chi connectivity index (χ4v) is 2.24. The van der Waals surface area contributed by atoms with Crippen molar-refractivity contribution in [3.05, 3.63) is 0 Å². The lowest BCUT2D eigenvalue weighted by Gasteiger charge is -2.24. The van der Waals surface area contributed by atoms with Crippen LogP contribution in [-0.2, 0) is 4.74 Å². The van der Waals surface area contributed by atoms with Crippen LogP contribution in [0.1, 0.15) is 79.1 Å². The Labute approximate surface area is 115 Å². The summed E-state index contributed by atoms with van der Waals surface area (Å²) in [4.78, 5) is 0. The average molecular weight is 257 g/mol. The van der Waals surface area contributed by atoms with Crippen molar-refractivity contribution in [3.63, 3.8) is 0 Å². The van der Waals surface area contributed by atoms with E-state index in [-0.39, 0.29) is 0 Å². The van der Waals surface area contributed by atoms with Gasteiger partial charge in [-0.15, -0.1) is 0 Å². The van der Waals surface area contributed by atoms with Gasteiger partial charge in [-0.05, 0) is 32.7 Å². The molecule has 2 heteroatoms. The SMILES string of the molecule is CCCCCCCCOC(C)C(CC)NCCC. The minimum atomic E-state index is 0.345. The molecule has 110 valence electrons. The molecule has 0 radical (unpaired) electrons. The molecule has 2 unspecified atom stereocenters. The molecule has 0 fully saturated rings. The Balaban J connectivity index is 3.46. The minimum Gasteiger partial charge on any atom is -0.377 e. The van der Waals surface area contributed by atoms with Gasteiger partial charge in [0.2, 0.25) is 0 Å². The summed E-state index contributed by atoms with van der Waals surface area (Å²) in [6.07, 6.45) is 10.7. The Kier molecular flexibility index (Phi) is 13.3. The van der Waals surface area contributed by atoms with Crippen molar-refractivity contribution < 1.29 is 4.74 Å². The summed E-state index contributed by atoms with van der Waals surface area (Å²) >= 11 is 0. The van der Waals surface area contributed by atoms with E-state index in [2.05, 4.69) is 33.0 Å². The lowest BCUT2D eigenvalue weighted by Crippen LogP contribution is -2.39. The Hall–Kier alpha value is -0.0800. The molecular formula is C16H35NO. The molecule has 0 aromatic carbocycles. The van der Waals surface area contributed by atoms with Crippen molar-refractivity contribution in [2.75, 3.05) is 13.2 Å². The van der Waals surface area contributed by atoms with Gasteiger partial charge in [-0.2, -0.15) is 0 Å². The van der Waals surface area contributed by atoms with Gasteiger partial charge in [0.15, 0.2) is 0 Å². The summed E-state index contributed by atoms with van der Waals surface area (Å²) in [5, 5.41) is 3.56. The van der Waals surface area contributed by atoms with Gasteiger partial charge in [0.25, 0.3) is 0 Å². The Morgan fingerprint density at radius 2 is 1.56 bits per heavy atom. The zero-order valence-corrected chi connectivity index (χ0v) is 13.1. The molecule has 0 saturated carbocycles. The van der Waals surface area contributed by atoms with E-state index in [0.717, 1.165) is 19.6 Å². The fourth-order valence-electron chi connectivity index (χ4n) is 2.24. The van der Waals surface area contributed by atoms with Crippen molar-refractivity contribution in [1.29, 1.82) is 0 Å².